The SMILES string of the molecule is C[C@H]1CC[C@H](C(C)(C)c2ccccc2)[C@@H](OC(=O)C2Cc3ccccc3C2=O)C1. The lowest BCUT2D eigenvalue weighted by atomic mass is 9.64. The first-order chi connectivity index (χ1) is 13.9. The quantitative estimate of drug-likeness (QED) is 0.521. The zero-order valence-corrected chi connectivity index (χ0v) is 17.6. The minimum Gasteiger partial charge on any atom is -0.461 e. The van der Waals surface area contributed by atoms with Crippen LogP contribution in [0.25, 0.3) is 0 Å². The first-order valence-electron chi connectivity index (χ1n) is 10.8. The minimum absolute atomic E-state index is 0.0895. The van der Waals surface area contributed by atoms with Crippen molar-refractivity contribution in [2.24, 2.45) is 17.8 Å². The average Bonchev–Trinajstić information content (AvgIpc) is 3.05. The maximum absolute atomic E-state index is 13.1. The number of ketones is 1. The molecule has 0 N–H and O–H groups in total. The van der Waals surface area contributed by atoms with Crippen molar-refractivity contribution in [2.45, 2.75) is 58.0 Å². The molecule has 1 saturated carbocycles. The summed E-state index contributed by atoms with van der Waals surface area (Å²) in [5, 5.41) is 0. The second-order valence-electron chi connectivity index (χ2n) is 9.37. The first kappa shape index (κ1) is 19.9. The molecule has 2 aromatic rings. The molecule has 29 heavy (non-hydrogen) atoms. The lowest BCUT2D eigenvalue weighted by Gasteiger charge is -2.44. The lowest BCUT2D eigenvalue weighted by Crippen LogP contribution is -2.44. The summed E-state index contributed by atoms with van der Waals surface area (Å²) < 4.78 is 6.11. The normalized spacial score (nSPS) is 26.8. The Balaban J connectivity index is 1.54. The summed E-state index contributed by atoms with van der Waals surface area (Å²) in [6.07, 6.45) is 3.34. The van der Waals surface area contributed by atoms with E-state index < -0.39 is 5.92 Å². The van der Waals surface area contributed by atoms with Gasteiger partial charge >= 0.3 is 5.97 Å². The molecule has 152 valence electrons. The first-order valence-corrected chi connectivity index (χ1v) is 10.8. The highest BCUT2D eigenvalue weighted by molar-refractivity contribution is 6.12. The highest BCUT2D eigenvalue weighted by atomic mass is 16.5. The lowest BCUT2D eigenvalue weighted by molar-refractivity contribution is -0.159. The van der Waals surface area contributed by atoms with Gasteiger partial charge in [-0.05, 0) is 41.7 Å². The van der Waals surface area contributed by atoms with Gasteiger partial charge in [-0.15, -0.1) is 0 Å². The molecular weight excluding hydrogens is 360 g/mol. The molecule has 0 radical (unpaired) electrons. The van der Waals surface area contributed by atoms with Gasteiger partial charge in [-0.3, -0.25) is 9.59 Å². The Morgan fingerprint density at radius 3 is 2.41 bits per heavy atom. The Kier molecular flexibility index (Phi) is 5.33. The molecule has 0 aromatic heterocycles. The summed E-state index contributed by atoms with van der Waals surface area (Å²) >= 11 is 0. The maximum Gasteiger partial charge on any atom is 0.317 e. The van der Waals surface area contributed by atoms with Gasteiger partial charge in [-0.1, -0.05) is 81.8 Å². The number of rotatable bonds is 4. The predicted molar refractivity (Wildman–Crippen MR) is 114 cm³/mol. The number of ether oxygens (including phenoxy) is 1. The number of benzene rings is 2. The minimum atomic E-state index is -0.690. The molecule has 0 amide bonds. The number of esters is 1. The van der Waals surface area contributed by atoms with E-state index in [0.717, 1.165) is 24.8 Å². The predicted octanol–water partition coefficient (Wildman–Crippen LogP) is 5.37. The van der Waals surface area contributed by atoms with E-state index in [0.29, 0.717) is 17.9 Å². The summed E-state index contributed by atoms with van der Waals surface area (Å²) in [5.74, 6) is -0.367. The molecule has 0 saturated heterocycles. The van der Waals surface area contributed by atoms with Crippen molar-refractivity contribution in [1.82, 2.24) is 0 Å². The van der Waals surface area contributed by atoms with E-state index >= 15 is 0 Å². The number of hydrogen-bond donors (Lipinski definition) is 0. The van der Waals surface area contributed by atoms with E-state index in [1.165, 1.54) is 5.56 Å². The van der Waals surface area contributed by atoms with Crippen molar-refractivity contribution in [1.29, 1.82) is 0 Å². The van der Waals surface area contributed by atoms with Crippen LogP contribution in [-0.4, -0.2) is 17.9 Å². The fourth-order valence-electron chi connectivity index (χ4n) is 5.23. The Morgan fingerprint density at radius 1 is 1.00 bits per heavy atom. The standard InChI is InChI=1S/C26H30O3/c1-17-13-14-22(26(2,3)19-10-5-4-6-11-19)23(15-17)29-25(28)21-16-18-9-7-8-12-20(18)24(21)27/h4-12,17,21-23H,13-16H2,1-3H3/t17-,21?,22-,23-/m0/s1. The van der Waals surface area contributed by atoms with Crippen LogP contribution in [-0.2, 0) is 21.4 Å². The Hall–Kier alpha value is -2.42. The van der Waals surface area contributed by atoms with E-state index in [2.05, 4.69) is 45.0 Å². The molecule has 0 bridgehead atoms. The van der Waals surface area contributed by atoms with E-state index in [1.54, 1.807) is 0 Å². The van der Waals surface area contributed by atoms with Crippen LogP contribution in [0.4, 0.5) is 0 Å². The third-order valence-electron chi connectivity index (χ3n) is 7.07. The highest BCUT2D eigenvalue weighted by Crippen LogP contribution is 2.44. The number of hydrogen-bond acceptors (Lipinski definition) is 3. The summed E-state index contributed by atoms with van der Waals surface area (Å²) in [5.41, 5.74) is 2.80. The van der Waals surface area contributed by atoms with Crippen LogP contribution in [0.3, 0.4) is 0 Å². The molecule has 2 aliphatic carbocycles. The molecule has 4 rings (SSSR count). The van der Waals surface area contributed by atoms with Crippen molar-refractivity contribution in [3.63, 3.8) is 0 Å². The van der Waals surface area contributed by atoms with Gasteiger partial charge in [0.05, 0.1) is 0 Å². The Bertz CT molecular complexity index is 899. The molecule has 1 unspecified atom stereocenters. The largest absolute Gasteiger partial charge is 0.461 e. The van der Waals surface area contributed by atoms with Gasteiger partial charge in [0.25, 0.3) is 0 Å². The van der Waals surface area contributed by atoms with Crippen LogP contribution in [0, 0.1) is 17.8 Å². The molecule has 0 aliphatic heterocycles. The molecule has 2 aromatic carbocycles. The van der Waals surface area contributed by atoms with E-state index in [-0.39, 0.29) is 29.2 Å². The molecule has 3 heteroatoms. The number of carbonyl (C=O) groups is 2. The number of Topliss-reactive ketones (excluding diaryl/α,β-unsaturated/α-hetero) is 1. The molecule has 1 fully saturated rings. The van der Waals surface area contributed by atoms with Gasteiger partial charge in [-0.25, -0.2) is 0 Å². The van der Waals surface area contributed by atoms with E-state index in [9.17, 15) is 9.59 Å². The monoisotopic (exact) mass is 390 g/mol. The number of carbonyl (C=O) groups excluding carboxylic acids is 2. The topological polar surface area (TPSA) is 43.4 Å². The zero-order chi connectivity index (χ0) is 20.6. The third-order valence-corrected chi connectivity index (χ3v) is 7.07. The van der Waals surface area contributed by atoms with Gasteiger partial charge in [0.1, 0.15) is 12.0 Å². The van der Waals surface area contributed by atoms with E-state index in [1.807, 2.05) is 30.3 Å². The van der Waals surface area contributed by atoms with Crippen molar-refractivity contribution in [3.8, 4) is 0 Å². The molecule has 3 nitrogen and oxygen atoms in total. The van der Waals surface area contributed by atoms with Crippen LogP contribution in [0.1, 0.15) is 61.5 Å². The van der Waals surface area contributed by atoms with Crippen LogP contribution in [0.2, 0.25) is 0 Å². The van der Waals surface area contributed by atoms with Crippen molar-refractivity contribution in [3.05, 3.63) is 71.3 Å². The average molecular weight is 391 g/mol. The summed E-state index contributed by atoms with van der Waals surface area (Å²) in [7, 11) is 0. The van der Waals surface area contributed by atoms with Crippen LogP contribution < -0.4 is 0 Å². The molecule has 2 aliphatic rings. The van der Waals surface area contributed by atoms with E-state index in [4.69, 9.17) is 4.74 Å². The van der Waals surface area contributed by atoms with Crippen molar-refractivity contribution >= 4 is 11.8 Å². The third kappa shape index (κ3) is 3.75. The second kappa shape index (κ2) is 7.78. The van der Waals surface area contributed by atoms with Gasteiger partial charge in [0, 0.05) is 11.5 Å². The highest BCUT2D eigenvalue weighted by Gasteiger charge is 2.44. The fraction of sp³-hybridized carbons (Fsp3) is 0.462. The van der Waals surface area contributed by atoms with Gasteiger partial charge < -0.3 is 4.74 Å². The number of fused-ring (bicyclic) bond motifs is 1. The molecule has 4 atom stereocenters. The second-order valence-corrected chi connectivity index (χ2v) is 9.37. The molecule has 0 spiro atoms. The van der Waals surface area contributed by atoms with Crippen molar-refractivity contribution < 1.29 is 14.3 Å². The van der Waals surface area contributed by atoms with Gasteiger partial charge in [0.2, 0.25) is 0 Å². The van der Waals surface area contributed by atoms with Crippen LogP contribution in [0.15, 0.2) is 54.6 Å². The Morgan fingerprint density at radius 2 is 1.69 bits per heavy atom. The fourth-order valence-corrected chi connectivity index (χ4v) is 5.23. The summed E-state index contributed by atoms with van der Waals surface area (Å²) in [6.45, 7) is 6.73. The summed E-state index contributed by atoms with van der Waals surface area (Å²) in [4.78, 5) is 25.8. The zero-order valence-electron chi connectivity index (χ0n) is 17.6. The van der Waals surface area contributed by atoms with Crippen LogP contribution in [0.5, 0.6) is 0 Å². The van der Waals surface area contributed by atoms with Crippen molar-refractivity contribution in [2.75, 3.05) is 0 Å². The summed E-state index contributed by atoms with van der Waals surface area (Å²) in [6, 6.07) is 18.0. The maximum atomic E-state index is 13.1. The Labute approximate surface area is 173 Å². The van der Waals surface area contributed by atoms with Gasteiger partial charge in [0.15, 0.2) is 5.78 Å². The molecule has 0 heterocycles. The smallest absolute Gasteiger partial charge is 0.317 e. The van der Waals surface area contributed by atoms with Crippen LogP contribution >= 0.6 is 0 Å². The van der Waals surface area contributed by atoms with Gasteiger partial charge in [-0.2, -0.15) is 0 Å². The molecular formula is C26H30O3.